The lowest BCUT2D eigenvalue weighted by Gasteiger charge is -2.09. The average Bonchev–Trinajstić information content (AvgIpc) is 3.24. The number of hydrogen-bond donors (Lipinski definition) is 3. The highest BCUT2D eigenvalue weighted by Crippen LogP contribution is 2.27. The van der Waals surface area contributed by atoms with Crippen LogP contribution in [0.3, 0.4) is 0 Å². The van der Waals surface area contributed by atoms with Gasteiger partial charge in [0.2, 0.25) is 5.95 Å². The molecule has 3 aromatic carbocycles. The summed E-state index contributed by atoms with van der Waals surface area (Å²) >= 11 is 0. The first-order chi connectivity index (χ1) is 15.3. The predicted octanol–water partition coefficient (Wildman–Crippen LogP) is 5.62. The molecule has 6 nitrogen and oxygen atoms in total. The first-order valence-electron chi connectivity index (χ1n) is 9.89. The van der Waals surface area contributed by atoms with Crippen LogP contribution in [-0.4, -0.2) is 20.9 Å². The Balaban J connectivity index is 1.38. The standard InChI is InChI=1S/C25H19N5O/c31-24(28-18-8-2-1-3-9-18)17-7-6-10-19(15-17)29-25-26-14-13-23(30-25)21-16-27-22-12-5-4-11-20(21)22/h1-16,27H,(H,28,31)(H,26,29,30). The summed E-state index contributed by atoms with van der Waals surface area (Å²) in [5.74, 6) is 0.284. The molecule has 0 fully saturated rings. The number of carbonyl (C=O) groups is 1. The van der Waals surface area contributed by atoms with E-state index in [1.807, 2.05) is 72.9 Å². The summed E-state index contributed by atoms with van der Waals surface area (Å²) in [5.41, 5.74) is 4.91. The molecule has 31 heavy (non-hydrogen) atoms. The number of aromatic nitrogens is 3. The van der Waals surface area contributed by atoms with E-state index in [1.54, 1.807) is 18.3 Å². The van der Waals surface area contributed by atoms with Crippen LogP contribution >= 0.6 is 0 Å². The van der Waals surface area contributed by atoms with E-state index in [2.05, 4.69) is 31.7 Å². The van der Waals surface area contributed by atoms with Crippen LogP contribution in [0.1, 0.15) is 10.4 Å². The molecule has 150 valence electrons. The number of carbonyl (C=O) groups excluding carboxylic acids is 1. The SMILES string of the molecule is O=C(Nc1ccccc1)c1cccc(Nc2nccc(-c3c[nH]c4ccccc34)n2)c1. The number of aromatic amines is 1. The van der Waals surface area contributed by atoms with Crippen molar-refractivity contribution in [2.24, 2.45) is 0 Å². The van der Waals surface area contributed by atoms with E-state index in [-0.39, 0.29) is 5.91 Å². The number of benzene rings is 3. The van der Waals surface area contributed by atoms with Gasteiger partial charge in [-0.2, -0.15) is 0 Å². The normalized spacial score (nSPS) is 10.7. The van der Waals surface area contributed by atoms with Gasteiger partial charge in [0.15, 0.2) is 0 Å². The Labute approximate surface area is 179 Å². The summed E-state index contributed by atoms with van der Waals surface area (Å²) in [6.07, 6.45) is 3.67. The lowest BCUT2D eigenvalue weighted by Crippen LogP contribution is -2.12. The number of amides is 1. The van der Waals surface area contributed by atoms with Gasteiger partial charge in [0, 0.05) is 45.8 Å². The highest BCUT2D eigenvalue weighted by molar-refractivity contribution is 6.04. The molecule has 3 N–H and O–H groups in total. The Kier molecular flexibility index (Phi) is 4.86. The van der Waals surface area contributed by atoms with Gasteiger partial charge in [0.05, 0.1) is 5.69 Å². The number of H-pyrrole nitrogens is 1. The number of fused-ring (bicyclic) bond motifs is 1. The summed E-state index contributed by atoms with van der Waals surface area (Å²) in [4.78, 5) is 24.8. The minimum absolute atomic E-state index is 0.177. The van der Waals surface area contributed by atoms with Gasteiger partial charge in [0.1, 0.15) is 0 Å². The number of nitrogens with one attached hydrogen (secondary N) is 3. The number of para-hydroxylation sites is 2. The van der Waals surface area contributed by atoms with Gasteiger partial charge in [-0.1, -0.05) is 42.5 Å². The molecule has 0 unspecified atom stereocenters. The zero-order valence-electron chi connectivity index (χ0n) is 16.5. The van der Waals surface area contributed by atoms with Crippen LogP contribution in [0.15, 0.2) is 97.3 Å². The van der Waals surface area contributed by atoms with Crippen molar-refractivity contribution in [3.8, 4) is 11.3 Å². The van der Waals surface area contributed by atoms with Gasteiger partial charge >= 0.3 is 0 Å². The van der Waals surface area contributed by atoms with Gasteiger partial charge in [-0.3, -0.25) is 4.79 Å². The Morgan fingerprint density at radius 2 is 1.65 bits per heavy atom. The molecule has 0 atom stereocenters. The predicted molar refractivity (Wildman–Crippen MR) is 123 cm³/mol. The maximum atomic E-state index is 12.6. The molecule has 0 saturated heterocycles. The van der Waals surface area contributed by atoms with E-state index in [0.29, 0.717) is 11.5 Å². The average molecular weight is 405 g/mol. The van der Waals surface area contributed by atoms with Crippen LogP contribution in [0.2, 0.25) is 0 Å². The van der Waals surface area contributed by atoms with E-state index in [4.69, 9.17) is 0 Å². The molecule has 2 heterocycles. The quantitative estimate of drug-likeness (QED) is 0.354. The zero-order valence-corrected chi connectivity index (χ0v) is 16.5. The van der Waals surface area contributed by atoms with E-state index >= 15 is 0 Å². The molecule has 0 aliphatic carbocycles. The van der Waals surface area contributed by atoms with E-state index in [1.165, 1.54) is 0 Å². The highest BCUT2D eigenvalue weighted by Gasteiger charge is 2.10. The van der Waals surface area contributed by atoms with Gasteiger partial charge in [-0.25, -0.2) is 9.97 Å². The Morgan fingerprint density at radius 3 is 2.55 bits per heavy atom. The molecule has 5 aromatic rings. The summed E-state index contributed by atoms with van der Waals surface area (Å²) in [7, 11) is 0. The third-order valence-electron chi connectivity index (χ3n) is 4.93. The largest absolute Gasteiger partial charge is 0.360 e. The molecule has 0 radical (unpaired) electrons. The van der Waals surface area contributed by atoms with Crippen molar-refractivity contribution < 1.29 is 4.79 Å². The molecular weight excluding hydrogens is 386 g/mol. The Hall–Kier alpha value is -4.45. The first-order valence-corrected chi connectivity index (χ1v) is 9.89. The van der Waals surface area contributed by atoms with Crippen LogP contribution in [-0.2, 0) is 0 Å². The molecule has 0 saturated carbocycles. The molecule has 0 aliphatic rings. The Morgan fingerprint density at radius 1 is 0.839 bits per heavy atom. The smallest absolute Gasteiger partial charge is 0.255 e. The molecule has 5 rings (SSSR count). The number of anilines is 3. The van der Waals surface area contributed by atoms with E-state index < -0.39 is 0 Å². The maximum absolute atomic E-state index is 12.6. The summed E-state index contributed by atoms with van der Waals surface area (Å²) in [6.45, 7) is 0. The van der Waals surface area contributed by atoms with Crippen molar-refractivity contribution in [1.82, 2.24) is 15.0 Å². The fourth-order valence-electron chi connectivity index (χ4n) is 3.44. The maximum Gasteiger partial charge on any atom is 0.255 e. The van der Waals surface area contributed by atoms with Crippen LogP contribution in [0.4, 0.5) is 17.3 Å². The second-order valence-electron chi connectivity index (χ2n) is 7.04. The Bertz CT molecular complexity index is 1360. The van der Waals surface area contributed by atoms with E-state index in [9.17, 15) is 4.79 Å². The lowest BCUT2D eigenvalue weighted by molar-refractivity contribution is 0.102. The van der Waals surface area contributed by atoms with Gasteiger partial charge in [-0.05, 0) is 42.5 Å². The molecule has 0 aliphatic heterocycles. The van der Waals surface area contributed by atoms with Crippen molar-refractivity contribution in [3.05, 3.63) is 103 Å². The van der Waals surface area contributed by atoms with Crippen LogP contribution in [0, 0.1) is 0 Å². The van der Waals surface area contributed by atoms with Gasteiger partial charge in [0.25, 0.3) is 5.91 Å². The molecule has 2 aromatic heterocycles. The van der Waals surface area contributed by atoms with Crippen molar-refractivity contribution in [2.45, 2.75) is 0 Å². The lowest BCUT2D eigenvalue weighted by atomic mass is 10.1. The zero-order chi connectivity index (χ0) is 21.0. The molecule has 0 spiro atoms. The van der Waals surface area contributed by atoms with Crippen molar-refractivity contribution in [2.75, 3.05) is 10.6 Å². The van der Waals surface area contributed by atoms with Crippen LogP contribution in [0.25, 0.3) is 22.2 Å². The van der Waals surface area contributed by atoms with Crippen molar-refractivity contribution in [3.63, 3.8) is 0 Å². The van der Waals surface area contributed by atoms with Crippen LogP contribution in [0.5, 0.6) is 0 Å². The monoisotopic (exact) mass is 405 g/mol. The summed E-state index contributed by atoms with van der Waals surface area (Å²) < 4.78 is 0. The minimum atomic E-state index is -0.177. The second-order valence-corrected chi connectivity index (χ2v) is 7.04. The summed E-state index contributed by atoms with van der Waals surface area (Å²) in [5, 5.41) is 7.20. The molecular formula is C25H19N5O. The third kappa shape index (κ3) is 4.00. The van der Waals surface area contributed by atoms with Crippen molar-refractivity contribution >= 4 is 34.1 Å². The van der Waals surface area contributed by atoms with Crippen LogP contribution < -0.4 is 10.6 Å². The van der Waals surface area contributed by atoms with Gasteiger partial charge < -0.3 is 15.6 Å². The summed E-state index contributed by atoms with van der Waals surface area (Å²) in [6, 6.07) is 26.6. The van der Waals surface area contributed by atoms with Crippen molar-refractivity contribution in [1.29, 1.82) is 0 Å². The second kappa shape index (κ2) is 8.12. The van der Waals surface area contributed by atoms with Gasteiger partial charge in [-0.15, -0.1) is 0 Å². The first kappa shape index (κ1) is 18.6. The minimum Gasteiger partial charge on any atom is -0.360 e. The number of nitrogens with zero attached hydrogens (tertiary/aromatic N) is 2. The molecule has 1 amide bonds. The molecule has 0 bridgehead atoms. The number of hydrogen-bond acceptors (Lipinski definition) is 4. The van der Waals surface area contributed by atoms with E-state index in [0.717, 1.165) is 33.5 Å². The topological polar surface area (TPSA) is 82.7 Å². The fourth-order valence-corrected chi connectivity index (χ4v) is 3.44. The molecule has 6 heteroatoms. The number of rotatable bonds is 5. The fraction of sp³-hybridized carbons (Fsp3) is 0. The highest BCUT2D eigenvalue weighted by atomic mass is 16.1. The third-order valence-corrected chi connectivity index (χ3v) is 4.93.